The maximum Gasteiger partial charge on any atom is 0.145 e. The number of aromatic nitrogens is 2. The predicted molar refractivity (Wildman–Crippen MR) is 109 cm³/mol. The lowest BCUT2D eigenvalue weighted by atomic mass is 9.99. The summed E-state index contributed by atoms with van der Waals surface area (Å²) in [6, 6.07) is 6.38. The van der Waals surface area contributed by atoms with Gasteiger partial charge in [-0.15, -0.1) is 0 Å². The van der Waals surface area contributed by atoms with Gasteiger partial charge in [0.05, 0.1) is 20.3 Å². The number of likely N-dealkylation sites (tertiary alicyclic amines) is 1. The van der Waals surface area contributed by atoms with Crippen molar-refractivity contribution in [1.29, 1.82) is 0 Å². The lowest BCUT2D eigenvalue weighted by Crippen LogP contribution is -2.35. The molecule has 150 valence electrons. The molecule has 0 unspecified atom stereocenters. The third-order valence-electron chi connectivity index (χ3n) is 5.85. The zero-order valence-electron chi connectivity index (χ0n) is 17.1. The summed E-state index contributed by atoms with van der Waals surface area (Å²) in [5.74, 6) is 2.65. The molecule has 1 saturated heterocycles. The molecule has 1 aromatic carbocycles. The molecule has 0 saturated carbocycles. The molecule has 1 fully saturated rings. The fourth-order valence-corrected chi connectivity index (χ4v) is 4.30. The van der Waals surface area contributed by atoms with Gasteiger partial charge in [-0.25, -0.2) is 9.97 Å². The number of fused-ring (bicyclic) bond motifs is 1. The summed E-state index contributed by atoms with van der Waals surface area (Å²) in [7, 11) is 5.55. The van der Waals surface area contributed by atoms with Crippen LogP contribution in [0.5, 0.6) is 11.5 Å². The number of likely N-dealkylation sites (N-methyl/N-ethyl adjacent to an activating group) is 1. The van der Waals surface area contributed by atoms with Gasteiger partial charge >= 0.3 is 0 Å². The average molecular weight is 383 g/mol. The molecule has 0 amide bonds. The van der Waals surface area contributed by atoms with Crippen molar-refractivity contribution in [2.45, 2.75) is 44.8 Å². The molecule has 6 heteroatoms. The van der Waals surface area contributed by atoms with E-state index in [1.54, 1.807) is 14.2 Å². The molecule has 1 aromatic heterocycles. The Labute approximate surface area is 167 Å². The maximum absolute atomic E-state index is 5.44. The minimum absolute atomic E-state index is 0.274. The molecule has 28 heavy (non-hydrogen) atoms. The lowest BCUT2D eigenvalue weighted by Gasteiger charge is -2.35. The van der Waals surface area contributed by atoms with Gasteiger partial charge in [0.1, 0.15) is 17.3 Å². The summed E-state index contributed by atoms with van der Waals surface area (Å²) < 4.78 is 10.9. The standard InChI is InChI=1S/C22H30N4O2/c1-25-9-7-20-17(15-25)13-23-22(24-20)21-6-4-5-8-26(21)14-16-10-18(27-2)12-19(11-16)28-3/h10-13,21H,4-9,14-15H2,1-3H3/t21-/m0/s1. The second-order valence-electron chi connectivity index (χ2n) is 7.89. The van der Waals surface area contributed by atoms with E-state index in [4.69, 9.17) is 19.4 Å². The molecule has 1 atom stereocenters. The average Bonchev–Trinajstić information content (AvgIpc) is 2.73. The highest BCUT2D eigenvalue weighted by atomic mass is 16.5. The Morgan fingerprint density at radius 3 is 2.61 bits per heavy atom. The third kappa shape index (κ3) is 4.13. The Bertz CT molecular complexity index is 804. The van der Waals surface area contributed by atoms with E-state index in [-0.39, 0.29) is 6.04 Å². The molecule has 2 aromatic rings. The van der Waals surface area contributed by atoms with Crippen molar-refractivity contribution < 1.29 is 9.47 Å². The zero-order chi connectivity index (χ0) is 19.5. The van der Waals surface area contributed by atoms with Crippen LogP contribution >= 0.6 is 0 Å². The first-order valence-electron chi connectivity index (χ1n) is 10.2. The van der Waals surface area contributed by atoms with Crippen molar-refractivity contribution in [3.8, 4) is 11.5 Å². The number of hydrogen-bond acceptors (Lipinski definition) is 6. The molecule has 0 N–H and O–H groups in total. The van der Waals surface area contributed by atoms with Crippen LogP contribution in [0, 0.1) is 0 Å². The highest BCUT2D eigenvalue weighted by Crippen LogP contribution is 2.32. The van der Waals surface area contributed by atoms with Crippen LogP contribution in [-0.4, -0.2) is 54.1 Å². The summed E-state index contributed by atoms with van der Waals surface area (Å²) >= 11 is 0. The molecule has 6 nitrogen and oxygen atoms in total. The van der Waals surface area contributed by atoms with E-state index in [1.165, 1.54) is 29.7 Å². The SMILES string of the molecule is COc1cc(CN2CCCC[C@H]2c2ncc3c(n2)CCN(C)C3)cc(OC)c1. The molecular formula is C22H30N4O2. The number of hydrogen-bond donors (Lipinski definition) is 0. The van der Waals surface area contributed by atoms with E-state index in [0.29, 0.717) is 0 Å². The van der Waals surface area contributed by atoms with Crippen LogP contribution in [0.1, 0.15) is 47.9 Å². The fraction of sp³-hybridized carbons (Fsp3) is 0.545. The lowest BCUT2D eigenvalue weighted by molar-refractivity contribution is 0.133. The summed E-state index contributed by atoms with van der Waals surface area (Å²) in [6.45, 7) is 3.93. The van der Waals surface area contributed by atoms with Crippen LogP contribution in [0.2, 0.25) is 0 Å². The summed E-state index contributed by atoms with van der Waals surface area (Å²) in [5.41, 5.74) is 3.71. The number of rotatable bonds is 5. The van der Waals surface area contributed by atoms with Crippen molar-refractivity contribution in [2.75, 3.05) is 34.4 Å². The Balaban J connectivity index is 1.57. The van der Waals surface area contributed by atoms with Gasteiger partial charge in [-0.1, -0.05) is 6.42 Å². The second kappa shape index (κ2) is 8.45. The van der Waals surface area contributed by atoms with Crippen LogP contribution in [0.25, 0.3) is 0 Å². The number of ether oxygens (including phenoxy) is 2. The van der Waals surface area contributed by atoms with Crippen molar-refractivity contribution in [3.05, 3.63) is 47.0 Å². The van der Waals surface area contributed by atoms with Gasteiger partial charge in [-0.05, 0) is 44.1 Å². The quantitative estimate of drug-likeness (QED) is 0.792. The third-order valence-corrected chi connectivity index (χ3v) is 5.85. The molecule has 3 heterocycles. The van der Waals surface area contributed by atoms with Crippen molar-refractivity contribution in [2.24, 2.45) is 0 Å². The number of benzene rings is 1. The number of piperidine rings is 1. The van der Waals surface area contributed by atoms with Crippen LogP contribution in [0.15, 0.2) is 24.4 Å². The molecule has 0 spiro atoms. The topological polar surface area (TPSA) is 50.7 Å². The maximum atomic E-state index is 5.44. The summed E-state index contributed by atoms with van der Waals surface area (Å²) in [5, 5.41) is 0. The van der Waals surface area contributed by atoms with Crippen LogP contribution < -0.4 is 9.47 Å². The van der Waals surface area contributed by atoms with E-state index >= 15 is 0 Å². The fourth-order valence-electron chi connectivity index (χ4n) is 4.30. The van der Waals surface area contributed by atoms with Gasteiger partial charge in [-0.3, -0.25) is 4.90 Å². The van der Waals surface area contributed by atoms with E-state index in [9.17, 15) is 0 Å². The second-order valence-corrected chi connectivity index (χ2v) is 7.89. The Kier molecular flexibility index (Phi) is 5.78. The van der Waals surface area contributed by atoms with Crippen LogP contribution in [0.3, 0.4) is 0 Å². The van der Waals surface area contributed by atoms with E-state index in [0.717, 1.165) is 56.3 Å². The smallest absolute Gasteiger partial charge is 0.145 e. The molecule has 0 bridgehead atoms. The van der Waals surface area contributed by atoms with E-state index in [2.05, 4.69) is 35.2 Å². The van der Waals surface area contributed by atoms with E-state index in [1.807, 2.05) is 6.07 Å². The minimum Gasteiger partial charge on any atom is -0.497 e. The van der Waals surface area contributed by atoms with E-state index < -0.39 is 0 Å². The van der Waals surface area contributed by atoms with Crippen molar-refractivity contribution in [3.63, 3.8) is 0 Å². The van der Waals surface area contributed by atoms with Gasteiger partial charge in [0.25, 0.3) is 0 Å². The molecule has 2 aliphatic heterocycles. The number of nitrogens with zero attached hydrogens (tertiary/aromatic N) is 4. The van der Waals surface area contributed by atoms with Gasteiger partial charge < -0.3 is 14.4 Å². The first kappa shape index (κ1) is 19.2. The summed E-state index contributed by atoms with van der Waals surface area (Å²) in [6.07, 6.45) is 6.62. The molecule has 0 radical (unpaired) electrons. The first-order chi connectivity index (χ1) is 13.7. The van der Waals surface area contributed by atoms with Crippen molar-refractivity contribution in [1.82, 2.24) is 19.8 Å². The van der Waals surface area contributed by atoms with Gasteiger partial charge in [0.15, 0.2) is 0 Å². The van der Waals surface area contributed by atoms with Crippen LogP contribution in [0.4, 0.5) is 0 Å². The monoisotopic (exact) mass is 382 g/mol. The predicted octanol–water partition coefficient (Wildman–Crippen LogP) is 3.21. The largest absolute Gasteiger partial charge is 0.497 e. The van der Waals surface area contributed by atoms with Gasteiger partial charge in [-0.2, -0.15) is 0 Å². The first-order valence-corrected chi connectivity index (χ1v) is 10.2. The van der Waals surface area contributed by atoms with Gasteiger partial charge in [0, 0.05) is 49.6 Å². The Hall–Kier alpha value is -2.18. The molecule has 4 rings (SSSR count). The summed E-state index contributed by atoms with van der Waals surface area (Å²) in [4.78, 5) is 14.6. The van der Waals surface area contributed by atoms with Gasteiger partial charge in [0.2, 0.25) is 0 Å². The zero-order valence-corrected chi connectivity index (χ0v) is 17.1. The highest BCUT2D eigenvalue weighted by molar-refractivity contribution is 5.38. The number of methoxy groups -OCH3 is 2. The Morgan fingerprint density at radius 2 is 1.86 bits per heavy atom. The molecule has 2 aliphatic rings. The minimum atomic E-state index is 0.274. The normalized spacial score (nSPS) is 20.6. The Morgan fingerprint density at radius 1 is 1.07 bits per heavy atom. The van der Waals surface area contributed by atoms with Crippen molar-refractivity contribution >= 4 is 0 Å². The molecular weight excluding hydrogens is 352 g/mol. The van der Waals surface area contributed by atoms with Crippen LogP contribution in [-0.2, 0) is 19.5 Å². The molecule has 0 aliphatic carbocycles. The highest BCUT2D eigenvalue weighted by Gasteiger charge is 2.28.